The Morgan fingerprint density at radius 3 is 2.37 bits per heavy atom. The van der Waals surface area contributed by atoms with Gasteiger partial charge in [-0.3, -0.25) is 14.4 Å². The summed E-state index contributed by atoms with van der Waals surface area (Å²) in [6.07, 6.45) is 1.02. The molecule has 0 aromatic heterocycles. The summed E-state index contributed by atoms with van der Waals surface area (Å²) < 4.78 is 0. The fourth-order valence-corrected chi connectivity index (χ4v) is 5.87. The number of rotatable bonds is 11. The topological polar surface area (TPSA) is 114 Å². The highest BCUT2D eigenvalue weighted by Crippen LogP contribution is 2.23. The van der Waals surface area contributed by atoms with Crippen LogP contribution in [0.4, 0.5) is 5.69 Å². The van der Waals surface area contributed by atoms with Crippen LogP contribution in [0, 0.1) is 0 Å². The lowest BCUT2D eigenvalue weighted by Gasteiger charge is -2.38. The van der Waals surface area contributed by atoms with E-state index in [-0.39, 0.29) is 18.2 Å². The van der Waals surface area contributed by atoms with Crippen LogP contribution in [0.5, 0.6) is 0 Å². The molecule has 43 heavy (non-hydrogen) atoms. The molecule has 0 saturated carbocycles. The SMILES string of the molecule is O=C(O)CCNCc1ccccc1N1CCN(C(=O)[C@@H](Cc2ccc(Cl)cc2)NC(=O)[C@H]2Cc3ccccc3CN2)CC1. The van der Waals surface area contributed by atoms with Gasteiger partial charge in [-0.05, 0) is 46.9 Å². The van der Waals surface area contributed by atoms with Crippen molar-refractivity contribution >= 4 is 35.1 Å². The number of piperazine rings is 1. The van der Waals surface area contributed by atoms with Gasteiger partial charge in [-0.2, -0.15) is 0 Å². The van der Waals surface area contributed by atoms with Gasteiger partial charge in [0.1, 0.15) is 6.04 Å². The number of hydrogen-bond donors (Lipinski definition) is 4. The largest absolute Gasteiger partial charge is 0.481 e. The number of carboxylic acids is 1. The van der Waals surface area contributed by atoms with Crippen LogP contribution in [0.1, 0.15) is 28.7 Å². The second-order valence-corrected chi connectivity index (χ2v) is 11.5. The first-order chi connectivity index (χ1) is 20.9. The summed E-state index contributed by atoms with van der Waals surface area (Å²) in [5.41, 5.74) is 5.42. The third-order valence-electron chi connectivity index (χ3n) is 8.12. The van der Waals surface area contributed by atoms with Crippen LogP contribution >= 0.6 is 11.6 Å². The van der Waals surface area contributed by atoms with Gasteiger partial charge >= 0.3 is 5.97 Å². The molecule has 1 saturated heterocycles. The summed E-state index contributed by atoms with van der Waals surface area (Å²) >= 11 is 6.10. The van der Waals surface area contributed by atoms with E-state index in [1.807, 2.05) is 47.4 Å². The minimum Gasteiger partial charge on any atom is -0.481 e. The van der Waals surface area contributed by atoms with Crippen LogP contribution in [0.3, 0.4) is 0 Å². The Kier molecular flexibility index (Phi) is 10.3. The van der Waals surface area contributed by atoms with Gasteiger partial charge in [-0.15, -0.1) is 0 Å². The van der Waals surface area contributed by atoms with Crippen LogP contribution in [0.25, 0.3) is 0 Å². The summed E-state index contributed by atoms with van der Waals surface area (Å²) in [7, 11) is 0. The first-order valence-electron chi connectivity index (χ1n) is 14.8. The Morgan fingerprint density at radius 2 is 1.63 bits per heavy atom. The number of para-hydroxylation sites is 1. The van der Waals surface area contributed by atoms with Gasteiger partial charge in [0.05, 0.1) is 12.5 Å². The molecular formula is C33H38ClN5O4. The minimum atomic E-state index is -0.826. The average molecular weight is 604 g/mol. The molecule has 2 aliphatic rings. The van der Waals surface area contributed by atoms with Crippen LogP contribution in [-0.4, -0.2) is 72.6 Å². The molecular weight excluding hydrogens is 566 g/mol. The van der Waals surface area contributed by atoms with Crippen LogP contribution < -0.4 is 20.9 Å². The van der Waals surface area contributed by atoms with Crippen molar-refractivity contribution in [1.29, 1.82) is 0 Å². The zero-order valence-electron chi connectivity index (χ0n) is 24.1. The van der Waals surface area contributed by atoms with Crippen molar-refractivity contribution in [2.24, 2.45) is 0 Å². The maximum atomic E-state index is 13.9. The molecule has 0 radical (unpaired) electrons. The van der Waals surface area contributed by atoms with Crippen LogP contribution in [0.2, 0.25) is 5.02 Å². The first kappa shape index (κ1) is 30.5. The highest BCUT2D eigenvalue weighted by molar-refractivity contribution is 6.30. The quantitative estimate of drug-likeness (QED) is 0.249. The second-order valence-electron chi connectivity index (χ2n) is 11.1. The maximum Gasteiger partial charge on any atom is 0.304 e. The van der Waals surface area contributed by atoms with Crippen molar-refractivity contribution in [3.8, 4) is 0 Å². The Labute approximate surface area is 257 Å². The van der Waals surface area contributed by atoms with Gasteiger partial charge in [-0.25, -0.2) is 0 Å². The van der Waals surface area contributed by atoms with Gasteiger partial charge in [-0.1, -0.05) is 66.2 Å². The number of carbonyl (C=O) groups excluding carboxylic acids is 2. The summed E-state index contributed by atoms with van der Waals surface area (Å²) in [5, 5.41) is 19.1. The number of nitrogens with one attached hydrogen (secondary N) is 3. The molecule has 2 heterocycles. The summed E-state index contributed by atoms with van der Waals surface area (Å²) in [5.74, 6) is -1.10. The summed E-state index contributed by atoms with van der Waals surface area (Å²) in [6.45, 7) is 3.94. The van der Waals surface area contributed by atoms with E-state index in [4.69, 9.17) is 16.7 Å². The fraction of sp³-hybridized carbons (Fsp3) is 0.364. The third-order valence-corrected chi connectivity index (χ3v) is 8.37. The van der Waals surface area contributed by atoms with E-state index in [9.17, 15) is 14.4 Å². The van der Waals surface area contributed by atoms with E-state index in [1.165, 1.54) is 5.56 Å². The number of benzene rings is 3. The molecule has 226 valence electrons. The number of hydrogen-bond acceptors (Lipinski definition) is 6. The molecule has 3 aromatic rings. The molecule has 0 spiro atoms. The Balaban J connectivity index is 1.23. The fourth-order valence-electron chi connectivity index (χ4n) is 5.74. The monoisotopic (exact) mass is 603 g/mol. The molecule has 1 fully saturated rings. The zero-order chi connectivity index (χ0) is 30.2. The predicted octanol–water partition coefficient (Wildman–Crippen LogP) is 2.99. The van der Waals surface area contributed by atoms with Crippen molar-refractivity contribution in [2.75, 3.05) is 37.6 Å². The average Bonchev–Trinajstić information content (AvgIpc) is 3.03. The number of amides is 2. The Bertz CT molecular complexity index is 1420. The Hall–Kier alpha value is -3.92. The highest BCUT2D eigenvalue weighted by atomic mass is 35.5. The van der Waals surface area contributed by atoms with Crippen molar-refractivity contribution < 1.29 is 19.5 Å². The molecule has 9 nitrogen and oxygen atoms in total. The van der Waals surface area contributed by atoms with Gasteiger partial charge < -0.3 is 30.9 Å². The van der Waals surface area contributed by atoms with Crippen molar-refractivity contribution in [3.05, 3.63) is 100 Å². The number of nitrogens with zero attached hydrogens (tertiary/aromatic N) is 2. The van der Waals surface area contributed by atoms with Gasteiger partial charge in [0.2, 0.25) is 11.8 Å². The van der Waals surface area contributed by atoms with E-state index in [1.54, 1.807) is 12.1 Å². The highest BCUT2D eigenvalue weighted by Gasteiger charge is 2.32. The predicted molar refractivity (Wildman–Crippen MR) is 167 cm³/mol. The van der Waals surface area contributed by atoms with Crippen molar-refractivity contribution in [3.63, 3.8) is 0 Å². The van der Waals surface area contributed by atoms with Gasteiger partial charge in [0.15, 0.2) is 0 Å². The number of aliphatic carboxylic acids is 1. The van der Waals surface area contributed by atoms with Gasteiger partial charge in [0, 0.05) is 62.9 Å². The number of anilines is 1. The summed E-state index contributed by atoms with van der Waals surface area (Å²) in [4.78, 5) is 42.3. The van der Waals surface area contributed by atoms with Crippen molar-refractivity contribution in [1.82, 2.24) is 20.9 Å². The maximum absolute atomic E-state index is 13.9. The van der Waals surface area contributed by atoms with E-state index in [0.29, 0.717) is 63.7 Å². The molecule has 0 unspecified atom stereocenters. The molecule has 10 heteroatoms. The zero-order valence-corrected chi connectivity index (χ0v) is 24.9. The van der Waals surface area contributed by atoms with E-state index in [2.05, 4.69) is 39.0 Å². The minimum absolute atomic E-state index is 0.0702. The smallest absolute Gasteiger partial charge is 0.304 e. The lowest BCUT2D eigenvalue weighted by Crippen LogP contribution is -2.58. The second kappa shape index (κ2) is 14.5. The molecule has 3 aromatic carbocycles. The molecule has 4 N–H and O–H groups in total. The van der Waals surface area contributed by atoms with Crippen LogP contribution in [0.15, 0.2) is 72.8 Å². The molecule has 2 atom stereocenters. The molecule has 0 bridgehead atoms. The standard InChI is InChI=1S/C33H38ClN5O4/c34-27-11-9-23(10-12-27)19-29(37-32(42)28-20-24-5-1-2-6-25(24)22-36-28)33(43)39-17-15-38(16-18-39)30-8-4-3-7-26(30)21-35-14-13-31(40)41/h1-12,28-29,35-36H,13-22H2,(H,37,42)(H,40,41)/t28-,29-/m1/s1. The normalized spacial score (nSPS) is 17.2. The molecule has 2 aliphatic heterocycles. The molecule has 0 aliphatic carbocycles. The van der Waals surface area contributed by atoms with Gasteiger partial charge in [0.25, 0.3) is 0 Å². The third kappa shape index (κ3) is 8.13. The number of carbonyl (C=O) groups is 3. The van der Waals surface area contributed by atoms with E-state index in [0.717, 1.165) is 22.4 Å². The number of fused-ring (bicyclic) bond motifs is 1. The van der Waals surface area contributed by atoms with E-state index >= 15 is 0 Å². The van der Waals surface area contributed by atoms with Crippen molar-refractivity contribution in [2.45, 2.75) is 44.4 Å². The molecule has 5 rings (SSSR count). The van der Waals surface area contributed by atoms with Crippen LogP contribution in [-0.2, 0) is 40.3 Å². The number of carboxylic acid groups (broad SMARTS) is 1. The first-order valence-corrected chi connectivity index (χ1v) is 15.1. The molecule has 2 amide bonds. The van der Waals surface area contributed by atoms with E-state index < -0.39 is 18.1 Å². The Morgan fingerprint density at radius 1 is 0.930 bits per heavy atom. The number of halogens is 1. The lowest BCUT2D eigenvalue weighted by atomic mass is 9.95. The summed E-state index contributed by atoms with van der Waals surface area (Å²) in [6, 6.07) is 22.4. The lowest BCUT2D eigenvalue weighted by molar-refractivity contribution is -0.137.